The van der Waals surface area contributed by atoms with Crippen LogP contribution in [0.4, 0.5) is 0 Å². The van der Waals surface area contributed by atoms with E-state index >= 15 is 0 Å². The molecule has 3 rings (SSSR count). The maximum atomic E-state index is 12.6. The predicted octanol–water partition coefficient (Wildman–Crippen LogP) is 1.79. The highest BCUT2D eigenvalue weighted by molar-refractivity contribution is 7.89. The van der Waals surface area contributed by atoms with Gasteiger partial charge in [-0.1, -0.05) is 12.2 Å². The summed E-state index contributed by atoms with van der Waals surface area (Å²) >= 11 is 0. The van der Waals surface area contributed by atoms with Crippen LogP contribution in [0, 0.1) is 5.92 Å². The average molecular weight is 393 g/mol. The second kappa shape index (κ2) is 8.77. The number of hydrogen-bond donors (Lipinski definition) is 0. The number of Topliss-reactive ketones (excluding diaryl/α,β-unsaturated/α-hetero) is 1. The number of ketones is 1. The SMILES string of the molecule is O=C(COC(=O)[C@@H]1CC=CCC1)c1ccc(S(=O)(=O)N2CCOCC2)cc1. The molecule has 1 aliphatic carbocycles. The Morgan fingerprint density at radius 2 is 1.81 bits per heavy atom. The third-order valence-corrected chi connectivity index (χ3v) is 6.64. The quantitative estimate of drug-likeness (QED) is 0.416. The Balaban J connectivity index is 1.58. The Kier molecular flexibility index (Phi) is 6.41. The summed E-state index contributed by atoms with van der Waals surface area (Å²) in [6.07, 6.45) is 6.19. The fourth-order valence-electron chi connectivity index (χ4n) is 3.09. The van der Waals surface area contributed by atoms with E-state index in [0.717, 1.165) is 12.8 Å². The van der Waals surface area contributed by atoms with Gasteiger partial charge < -0.3 is 9.47 Å². The molecule has 146 valence electrons. The summed E-state index contributed by atoms with van der Waals surface area (Å²) in [7, 11) is -3.59. The van der Waals surface area contributed by atoms with Gasteiger partial charge in [-0.05, 0) is 43.5 Å². The van der Waals surface area contributed by atoms with E-state index in [1.807, 2.05) is 12.2 Å². The number of benzene rings is 1. The highest BCUT2D eigenvalue weighted by atomic mass is 32.2. The van der Waals surface area contributed by atoms with Crippen LogP contribution in [0.3, 0.4) is 0 Å². The topological polar surface area (TPSA) is 90.0 Å². The molecular weight excluding hydrogens is 370 g/mol. The zero-order valence-electron chi connectivity index (χ0n) is 15.0. The second-order valence-corrected chi connectivity index (χ2v) is 8.49. The second-order valence-electron chi connectivity index (χ2n) is 6.55. The summed E-state index contributed by atoms with van der Waals surface area (Å²) in [4.78, 5) is 24.3. The molecule has 0 radical (unpaired) electrons. The van der Waals surface area contributed by atoms with Crippen molar-refractivity contribution in [1.29, 1.82) is 0 Å². The number of hydrogen-bond acceptors (Lipinski definition) is 6. The van der Waals surface area contributed by atoms with Crippen LogP contribution in [-0.4, -0.2) is 57.4 Å². The van der Waals surface area contributed by atoms with Crippen LogP contribution in [0.1, 0.15) is 29.6 Å². The third-order valence-electron chi connectivity index (χ3n) is 4.73. The molecule has 0 bridgehead atoms. The molecule has 1 saturated heterocycles. The van der Waals surface area contributed by atoms with Crippen molar-refractivity contribution in [3.8, 4) is 0 Å². The van der Waals surface area contributed by atoms with Gasteiger partial charge >= 0.3 is 5.97 Å². The number of morpholine rings is 1. The van der Waals surface area contributed by atoms with Gasteiger partial charge in [-0.3, -0.25) is 9.59 Å². The van der Waals surface area contributed by atoms with Crippen molar-refractivity contribution < 1.29 is 27.5 Å². The molecule has 27 heavy (non-hydrogen) atoms. The molecule has 0 aromatic heterocycles. The van der Waals surface area contributed by atoms with Gasteiger partial charge in [-0.2, -0.15) is 4.31 Å². The van der Waals surface area contributed by atoms with E-state index in [-0.39, 0.29) is 29.2 Å². The molecule has 0 N–H and O–H groups in total. The highest BCUT2D eigenvalue weighted by Crippen LogP contribution is 2.20. The molecule has 7 nitrogen and oxygen atoms in total. The van der Waals surface area contributed by atoms with Crippen LogP contribution >= 0.6 is 0 Å². The summed E-state index contributed by atoms with van der Waals surface area (Å²) < 4.78 is 36.8. The van der Waals surface area contributed by atoms with Gasteiger partial charge in [0.1, 0.15) is 0 Å². The molecule has 1 aliphatic heterocycles. The molecule has 1 atom stereocenters. The summed E-state index contributed by atoms with van der Waals surface area (Å²) in [5.74, 6) is -0.909. The Morgan fingerprint density at radius 1 is 1.11 bits per heavy atom. The van der Waals surface area contributed by atoms with E-state index in [2.05, 4.69) is 0 Å². The normalized spacial score (nSPS) is 21.0. The largest absolute Gasteiger partial charge is 0.457 e. The maximum Gasteiger partial charge on any atom is 0.309 e. The average Bonchev–Trinajstić information content (AvgIpc) is 2.73. The molecule has 0 amide bonds. The number of carbonyl (C=O) groups excluding carboxylic acids is 2. The van der Waals surface area contributed by atoms with Crippen LogP contribution in [0.2, 0.25) is 0 Å². The van der Waals surface area contributed by atoms with Crippen molar-refractivity contribution in [1.82, 2.24) is 4.31 Å². The predicted molar refractivity (Wildman–Crippen MR) is 97.8 cm³/mol. The minimum Gasteiger partial charge on any atom is -0.457 e. The van der Waals surface area contributed by atoms with Crippen LogP contribution in [0.5, 0.6) is 0 Å². The minimum absolute atomic E-state index is 0.131. The van der Waals surface area contributed by atoms with Crippen LogP contribution in [-0.2, 0) is 24.3 Å². The lowest BCUT2D eigenvalue weighted by molar-refractivity contribution is -0.147. The van der Waals surface area contributed by atoms with Crippen LogP contribution < -0.4 is 0 Å². The van der Waals surface area contributed by atoms with E-state index in [1.54, 1.807) is 0 Å². The molecule has 1 aromatic rings. The first-order valence-electron chi connectivity index (χ1n) is 9.01. The Morgan fingerprint density at radius 3 is 2.44 bits per heavy atom. The number of rotatable bonds is 6. The Labute approximate surface area is 159 Å². The number of nitrogens with zero attached hydrogens (tertiary/aromatic N) is 1. The number of ether oxygens (including phenoxy) is 2. The van der Waals surface area contributed by atoms with Gasteiger partial charge in [0.15, 0.2) is 12.4 Å². The van der Waals surface area contributed by atoms with Gasteiger partial charge in [0.25, 0.3) is 0 Å². The molecular formula is C19H23NO6S. The minimum atomic E-state index is -3.59. The van der Waals surface area contributed by atoms with Crippen LogP contribution in [0.15, 0.2) is 41.3 Å². The smallest absolute Gasteiger partial charge is 0.309 e. The molecule has 0 spiro atoms. The summed E-state index contributed by atoms with van der Waals surface area (Å²) in [5, 5.41) is 0. The van der Waals surface area contributed by atoms with Crippen molar-refractivity contribution in [2.45, 2.75) is 24.2 Å². The molecule has 1 fully saturated rings. The molecule has 8 heteroatoms. The fourth-order valence-corrected chi connectivity index (χ4v) is 4.50. The first-order chi connectivity index (χ1) is 13.0. The van der Waals surface area contributed by atoms with Crippen LogP contribution in [0.25, 0.3) is 0 Å². The van der Waals surface area contributed by atoms with Gasteiger partial charge in [0.2, 0.25) is 10.0 Å². The lowest BCUT2D eigenvalue weighted by Gasteiger charge is -2.26. The van der Waals surface area contributed by atoms with Crippen molar-refractivity contribution in [2.75, 3.05) is 32.9 Å². The summed E-state index contributed by atoms with van der Waals surface area (Å²) in [5.41, 5.74) is 0.312. The van der Waals surface area contributed by atoms with Crippen molar-refractivity contribution in [3.63, 3.8) is 0 Å². The van der Waals surface area contributed by atoms with Gasteiger partial charge in [-0.25, -0.2) is 8.42 Å². The summed E-state index contributed by atoms with van der Waals surface area (Å²) in [6, 6.07) is 5.72. The summed E-state index contributed by atoms with van der Waals surface area (Å²) in [6.45, 7) is 1.04. The number of esters is 1. The third kappa shape index (κ3) is 4.82. The van der Waals surface area contributed by atoms with Gasteiger partial charge in [-0.15, -0.1) is 0 Å². The van der Waals surface area contributed by atoms with Crippen molar-refractivity contribution in [2.24, 2.45) is 5.92 Å². The number of allylic oxidation sites excluding steroid dienone is 2. The van der Waals surface area contributed by atoms with E-state index < -0.39 is 10.0 Å². The van der Waals surface area contributed by atoms with Crippen molar-refractivity contribution in [3.05, 3.63) is 42.0 Å². The van der Waals surface area contributed by atoms with E-state index in [0.29, 0.717) is 38.3 Å². The molecule has 0 unspecified atom stereocenters. The number of sulfonamides is 1. The first-order valence-corrected chi connectivity index (χ1v) is 10.5. The zero-order valence-corrected chi connectivity index (χ0v) is 15.8. The number of carbonyl (C=O) groups is 2. The maximum absolute atomic E-state index is 12.6. The molecule has 1 heterocycles. The molecule has 1 aromatic carbocycles. The fraction of sp³-hybridized carbons (Fsp3) is 0.474. The van der Waals surface area contributed by atoms with Gasteiger partial charge in [0.05, 0.1) is 24.0 Å². The first kappa shape index (κ1) is 19.7. The van der Waals surface area contributed by atoms with E-state index in [9.17, 15) is 18.0 Å². The standard InChI is InChI=1S/C19H23NO6S/c21-18(14-26-19(22)16-4-2-1-3-5-16)15-6-8-17(9-7-15)27(23,24)20-10-12-25-13-11-20/h1-2,6-9,16H,3-5,10-14H2/t16-/m1/s1. The van der Waals surface area contributed by atoms with Crippen molar-refractivity contribution >= 4 is 21.8 Å². The van der Waals surface area contributed by atoms with Gasteiger partial charge in [0, 0.05) is 18.7 Å². The Hall–Kier alpha value is -2.03. The highest BCUT2D eigenvalue weighted by Gasteiger charge is 2.26. The van der Waals surface area contributed by atoms with E-state index in [1.165, 1.54) is 28.6 Å². The molecule has 2 aliphatic rings. The lowest BCUT2D eigenvalue weighted by Crippen LogP contribution is -2.40. The monoisotopic (exact) mass is 393 g/mol. The van der Waals surface area contributed by atoms with E-state index in [4.69, 9.17) is 9.47 Å². The molecule has 0 saturated carbocycles. The Bertz CT molecular complexity index is 809. The lowest BCUT2D eigenvalue weighted by atomic mass is 9.95. The zero-order chi connectivity index (χ0) is 19.3.